The Balaban J connectivity index is 1.73. The fraction of sp³-hybridized carbons (Fsp3) is 0.294. The number of hydrogen-bond acceptors (Lipinski definition) is 6. The average Bonchev–Trinajstić information content (AvgIpc) is 2.92. The number of carbonyl (C=O) groups excluding carboxylic acids is 1. The van der Waals surface area contributed by atoms with Crippen LogP contribution in [0.25, 0.3) is 10.9 Å². The summed E-state index contributed by atoms with van der Waals surface area (Å²) in [5.74, 6) is 0.195. The predicted molar refractivity (Wildman–Crippen MR) is 100.0 cm³/mol. The Morgan fingerprint density at radius 1 is 1.08 bits per heavy atom. The lowest BCUT2D eigenvalue weighted by atomic mass is 10.1. The molecule has 24 heavy (non-hydrogen) atoms. The van der Waals surface area contributed by atoms with Gasteiger partial charge in [0.05, 0.1) is 11.3 Å². The Hall–Kier alpha value is -1.99. The standard InChI is InChI=1S/C17H18N4OS2/c1-9-5-13-6-11(3)16(18-14(13)7-10(9)2)23-8-15(22)19-17-21-20-12(4)24-17/h5-7H,8H2,1-4H3,(H,19,21,22). The average molecular weight is 358 g/mol. The van der Waals surface area contributed by atoms with Gasteiger partial charge in [0.15, 0.2) is 0 Å². The lowest BCUT2D eigenvalue weighted by Gasteiger charge is -2.09. The second kappa shape index (κ2) is 6.86. The quantitative estimate of drug-likeness (QED) is 0.713. The summed E-state index contributed by atoms with van der Waals surface area (Å²) in [6.07, 6.45) is 0. The van der Waals surface area contributed by atoms with Gasteiger partial charge < -0.3 is 0 Å². The molecule has 3 aromatic rings. The van der Waals surface area contributed by atoms with Crippen LogP contribution < -0.4 is 5.32 Å². The maximum atomic E-state index is 12.0. The maximum Gasteiger partial charge on any atom is 0.236 e. The van der Waals surface area contributed by atoms with Crippen molar-refractivity contribution < 1.29 is 4.79 Å². The van der Waals surface area contributed by atoms with E-state index in [4.69, 9.17) is 4.98 Å². The van der Waals surface area contributed by atoms with E-state index in [9.17, 15) is 4.79 Å². The molecule has 1 aromatic carbocycles. The van der Waals surface area contributed by atoms with Crippen molar-refractivity contribution in [2.75, 3.05) is 11.1 Å². The molecule has 0 aliphatic carbocycles. The number of nitrogens with one attached hydrogen (secondary N) is 1. The van der Waals surface area contributed by atoms with Crippen LogP contribution in [0.3, 0.4) is 0 Å². The van der Waals surface area contributed by atoms with Gasteiger partial charge in [-0.1, -0.05) is 23.1 Å². The Morgan fingerprint density at radius 3 is 2.50 bits per heavy atom. The lowest BCUT2D eigenvalue weighted by molar-refractivity contribution is -0.113. The van der Waals surface area contributed by atoms with Gasteiger partial charge in [0.1, 0.15) is 10.0 Å². The van der Waals surface area contributed by atoms with Crippen molar-refractivity contribution in [2.24, 2.45) is 0 Å². The molecule has 0 aliphatic rings. The number of aromatic nitrogens is 3. The van der Waals surface area contributed by atoms with Crippen molar-refractivity contribution in [3.05, 3.63) is 39.9 Å². The van der Waals surface area contributed by atoms with Gasteiger partial charge in [-0.2, -0.15) is 0 Å². The summed E-state index contributed by atoms with van der Waals surface area (Å²) in [7, 11) is 0. The molecule has 5 nitrogen and oxygen atoms in total. The Labute approximate surface area is 148 Å². The molecule has 7 heteroatoms. The highest BCUT2D eigenvalue weighted by atomic mass is 32.2. The largest absolute Gasteiger partial charge is 0.300 e. The highest BCUT2D eigenvalue weighted by molar-refractivity contribution is 8.00. The molecule has 1 amide bonds. The molecule has 0 unspecified atom stereocenters. The van der Waals surface area contributed by atoms with E-state index in [2.05, 4.69) is 47.6 Å². The maximum absolute atomic E-state index is 12.0. The van der Waals surface area contributed by atoms with Gasteiger partial charge >= 0.3 is 0 Å². The first-order chi connectivity index (χ1) is 11.4. The van der Waals surface area contributed by atoms with Gasteiger partial charge in [0.2, 0.25) is 11.0 Å². The first kappa shape index (κ1) is 16.9. The van der Waals surface area contributed by atoms with Crippen LogP contribution in [0.1, 0.15) is 21.7 Å². The molecule has 0 aliphatic heterocycles. The topological polar surface area (TPSA) is 67.8 Å². The van der Waals surface area contributed by atoms with Gasteiger partial charge in [-0.3, -0.25) is 10.1 Å². The second-order valence-corrected chi connectivity index (χ2v) is 7.85. The number of nitrogens with zero attached hydrogens (tertiary/aromatic N) is 3. The summed E-state index contributed by atoms with van der Waals surface area (Å²) in [5.41, 5.74) is 4.52. The minimum absolute atomic E-state index is 0.0995. The summed E-state index contributed by atoms with van der Waals surface area (Å²) in [5, 5.41) is 13.9. The number of carbonyl (C=O) groups is 1. The number of thioether (sulfide) groups is 1. The molecular weight excluding hydrogens is 340 g/mol. The Morgan fingerprint density at radius 2 is 1.79 bits per heavy atom. The second-order valence-electron chi connectivity index (χ2n) is 5.70. The molecule has 2 aromatic heterocycles. The molecule has 0 saturated carbocycles. The van der Waals surface area contributed by atoms with Crippen LogP contribution >= 0.6 is 23.1 Å². The number of anilines is 1. The molecular formula is C17H18N4OS2. The third kappa shape index (κ3) is 3.73. The van der Waals surface area contributed by atoms with Gasteiger partial charge in [-0.15, -0.1) is 10.2 Å². The van der Waals surface area contributed by atoms with E-state index in [-0.39, 0.29) is 5.91 Å². The molecule has 0 atom stereocenters. The third-order valence-corrected chi connectivity index (χ3v) is 5.53. The normalized spacial score (nSPS) is 11.0. The minimum Gasteiger partial charge on any atom is -0.300 e. The van der Waals surface area contributed by atoms with E-state index in [1.54, 1.807) is 0 Å². The number of benzene rings is 1. The molecule has 124 valence electrons. The third-order valence-electron chi connectivity index (χ3n) is 3.69. The molecule has 2 heterocycles. The molecule has 0 saturated heterocycles. The Bertz CT molecular complexity index is 920. The van der Waals surface area contributed by atoms with Crippen molar-refractivity contribution in [2.45, 2.75) is 32.7 Å². The van der Waals surface area contributed by atoms with Crippen molar-refractivity contribution in [1.29, 1.82) is 0 Å². The number of rotatable bonds is 4. The van der Waals surface area contributed by atoms with E-state index >= 15 is 0 Å². The smallest absolute Gasteiger partial charge is 0.236 e. The van der Waals surface area contributed by atoms with Gasteiger partial charge in [-0.25, -0.2) is 4.98 Å². The SMILES string of the molecule is Cc1nnc(NC(=O)CSc2nc3cc(C)c(C)cc3cc2C)s1. The molecule has 3 rings (SSSR count). The van der Waals surface area contributed by atoms with Crippen LogP contribution in [-0.2, 0) is 4.79 Å². The zero-order valence-electron chi connectivity index (χ0n) is 14.0. The lowest BCUT2D eigenvalue weighted by Crippen LogP contribution is -2.14. The summed E-state index contributed by atoms with van der Waals surface area (Å²) >= 11 is 2.81. The first-order valence-corrected chi connectivity index (χ1v) is 9.34. The number of fused-ring (bicyclic) bond motifs is 1. The van der Waals surface area contributed by atoms with Crippen LogP contribution in [0, 0.1) is 27.7 Å². The molecule has 0 radical (unpaired) electrons. The highest BCUT2D eigenvalue weighted by Gasteiger charge is 2.10. The number of hydrogen-bond donors (Lipinski definition) is 1. The van der Waals surface area contributed by atoms with E-state index in [0.29, 0.717) is 10.9 Å². The minimum atomic E-state index is -0.0995. The fourth-order valence-electron chi connectivity index (χ4n) is 2.31. The van der Waals surface area contributed by atoms with Crippen LogP contribution in [0.4, 0.5) is 5.13 Å². The number of amides is 1. The van der Waals surface area contributed by atoms with Crippen molar-refractivity contribution in [3.63, 3.8) is 0 Å². The molecule has 0 spiro atoms. The van der Waals surface area contributed by atoms with Crippen molar-refractivity contribution in [3.8, 4) is 0 Å². The summed E-state index contributed by atoms with van der Waals surface area (Å²) < 4.78 is 0. The van der Waals surface area contributed by atoms with Crippen molar-refractivity contribution >= 4 is 45.0 Å². The number of pyridine rings is 1. The zero-order chi connectivity index (χ0) is 17.3. The van der Waals surface area contributed by atoms with Crippen LogP contribution in [0.2, 0.25) is 0 Å². The van der Waals surface area contributed by atoms with Crippen LogP contribution in [-0.4, -0.2) is 26.8 Å². The highest BCUT2D eigenvalue weighted by Crippen LogP contribution is 2.26. The first-order valence-electron chi connectivity index (χ1n) is 7.54. The number of aryl methyl sites for hydroxylation is 4. The van der Waals surface area contributed by atoms with E-state index < -0.39 is 0 Å². The van der Waals surface area contributed by atoms with E-state index in [0.717, 1.165) is 26.5 Å². The van der Waals surface area contributed by atoms with Gasteiger partial charge in [0, 0.05) is 5.39 Å². The van der Waals surface area contributed by atoms with Crippen molar-refractivity contribution in [1.82, 2.24) is 15.2 Å². The zero-order valence-corrected chi connectivity index (χ0v) is 15.6. The summed E-state index contributed by atoms with van der Waals surface area (Å²) in [4.78, 5) is 16.8. The van der Waals surface area contributed by atoms with E-state index in [1.807, 2.05) is 13.8 Å². The fourth-order valence-corrected chi connectivity index (χ4v) is 3.71. The summed E-state index contributed by atoms with van der Waals surface area (Å²) in [6.45, 7) is 8.07. The van der Waals surface area contributed by atoms with Gasteiger partial charge in [-0.05, 0) is 62.6 Å². The molecule has 1 N–H and O–H groups in total. The molecule has 0 fully saturated rings. The summed E-state index contributed by atoms with van der Waals surface area (Å²) in [6, 6.07) is 6.38. The van der Waals surface area contributed by atoms with Crippen LogP contribution in [0.5, 0.6) is 0 Å². The van der Waals surface area contributed by atoms with Crippen LogP contribution in [0.15, 0.2) is 23.2 Å². The Kier molecular flexibility index (Phi) is 4.82. The monoisotopic (exact) mass is 358 g/mol. The molecule has 0 bridgehead atoms. The van der Waals surface area contributed by atoms with E-state index in [1.165, 1.54) is 34.2 Å². The predicted octanol–water partition coefficient (Wildman–Crippen LogP) is 4.05. The van der Waals surface area contributed by atoms with Gasteiger partial charge in [0.25, 0.3) is 0 Å².